The van der Waals surface area contributed by atoms with Crippen molar-refractivity contribution in [3.8, 4) is 0 Å². The largest absolute Gasteiger partial charge is 0.414 e. The Balaban J connectivity index is 5.02. The van der Waals surface area contributed by atoms with Crippen LogP contribution in [0.3, 0.4) is 0 Å². The van der Waals surface area contributed by atoms with Crippen molar-refractivity contribution in [3.05, 3.63) is 0 Å². The number of hydrogen-bond acceptors (Lipinski definition) is 3. The molecule has 0 saturated heterocycles. The molecule has 0 amide bonds. The van der Waals surface area contributed by atoms with E-state index >= 15 is 0 Å². The maximum absolute atomic E-state index is 10.7. The average molecular weight is 333 g/mol. The predicted octanol–water partition coefficient (Wildman–Crippen LogP) is 4.44. The molecule has 134 valence electrons. The molecule has 0 unspecified atom stereocenters. The summed E-state index contributed by atoms with van der Waals surface area (Å²) in [5, 5.41) is 21.1. The first kappa shape index (κ1) is 22.1. The molecule has 0 aromatic heterocycles. The summed E-state index contributed by atoms with van der Waals surface area (Å²) in [4.78, 5) is 0. The zero-order chi connectivity index (χ0) is 17.9. The molecule has 3 nitrogen and oxygen atoms in total. The maximum atomic E-state index is 10.7. The third kappa shape index (κ3) is 5.62. The molecule has 0 heterocycles. The van der Waals surface area contributed by atoms with Gasteiger partial charge in [-0.05, 0) is 30.5 Å². The van der Waals surface area contributed by atoms with Crippen LogP contribution in [0.5, 0.6) is 0 Å². The van der Waals surface area contributed by atoms with E-state index in [1.807, 2.05) is 20.8 Å². The Morgan fingerprint density at radius 1 is 0.909 bits per heavy atom. The summed E-state index contributed by atoms with van der Waals surface area (Å²) in [7, 11) is -1.85. The van der Waals surface area contributed by atoms with E-state index in [4.69, 9.17) is 4.43 Å². The average Bonchev–Trinajstić information content (AvgIpc) is 2.39. The lowest BCUT2D eigenvalue weighted by Gasteiger charge is -2.42. The van der Waals surface area contributed by atoms with Gasteiger partial charge in [0.1, 0.15) is 0 Å². The van der Waals surface area contributed by atoms with E-state index in [1.54, 1.807) is 0 Å². The van der Waals surface area contributed by atoms with E-state index in [2.05, 4.69) is 47.7 Å². The molecule has 22 heavy (non-hydrogen) atoms. The quantitative estimate of drug-likeness (QED) is 0.646. The standard InChI is InChI=1S/C18H40O3Si/c1-11-15(21-22(9,10)18(6,7)8)13(4)17(20)14(5)16(19)12(2)3/h12-17,19-20H,11H2,1-10H3/t13-,14+,15+,16+,17-/m0/s1. The Morgan fingerprint density at radius 3 is 1.68 bits per heavy atom. The van der Waals surface area contributed by atoms with Gasteiger partial charge in [-0.1, -0.05) is 55.4 Å². The van der Waals surface area contributed by atoms with Crippen LogP contribution in [0.25, 0.3) is 0 Å². The second kappa shape index (κ2) is 8.27. The van der Waals surface area contributed by atoms with Crippen molar-refractivity contribution in [3.63, 3.8) is 0 Å². The van der Waals surface area contributed by atoms with E-state index in [1.165, 1.54) is 0 Å². The smallest absolute Gasteiger partial charge is 0.192 e. The van der Waals surface area contributed by atoms with Gasteiger partial charge in [0.05, 0.1) is 12.2 Å². The molecule has 2 N–H and O–H groups in total. The molecule has 5 atom stereocenters. The molecular formula is C18H40O3Si. The fraction of sp³-hybridized carbons (Fsp3) is 1.00. The van der Waals surface area contributed by atoms with Crippen LogP contribution in [0.2, 0.25) is 18.1 Å². The molecule has 0 radical (unpaired) electrons. The van der Waals surface area contributed by atoms with Crippen LogP contribution in [-0.4, -0.2) is 36.8 Å². The van der Waals surface area contributed by atoms with Gasteiger partial charge in [0.25, 0.3) is 0 Å². The molecular weight excluding hydrogens is 292 g/mol. The van der Waals surface area contributed by atoms with E-state index in [9.17, 15) is 10.2 Å². The molecule has 0 aromatic carbocycles. The normalized spacial score (nSPS) is 20.6. The van der Waals surface area contributed by atoms with Crippen LogP contribution >= 0.6 is 0 Å². The molecule has 4 heteroatoms. The first-order valence-electron chi connectivity index (χ1n) is 8.80. The predicted molar refractivity (Wildman–Crippen MR) is 97.5 cm³/mol. The molecule has 0 aliphatic rings. The van der Waals surface area contributed by atoms with Gasteiger partial charge in [-0.15, -0.1) is 0 Å². The van der Waals surface area contributed by atoms with Gasteiger partial charge in [0.2, 0.25) is 0 Å². The highest BCUT2D eigenvalue weighted by Crippen LogP contribution is 2.39. The minimum absolute atomic E-state index is 0.0162. The Labute approximate surface area is 139 Å². The summed E-state index contributed by atoms with van der Waals surface area (Å²) in [6.45, 7) is 21.3. The molecule has 0 aliphatic heterocycles. The van der Waals surface area contributed by atoms with Crippen LogP contribution in [0, 0.1) is 17.8 Å². The van der Waals surface area contributed by atoms with E-state index in [0.29, 0.717) is 0 Å². The Morgan fingerprint density at radius 2 is 1.36 bits per heavy atom. The lowest BCUT2D eigenvalue weighted by atomic mass is 9.82. The number of rotatable bonds is 8. The molecule has 0 fully saturated rings. The van der Waals surface area contributed by atoms with Crippen LogP contribution in [0.4, 0.5) is 0 Å². The molecule has 0 bridgehead atoms. The summed E-state index contributed by atoms with van der Waals surface area (Å²) in [5.74, 6) is 0.0211. The number of aliphatic hydroxyl groups is 2. The van der Waals surface area contributed by atoms with Crippen molar-refractivity contribution >= 4 is 8.32 Å². The third-order valence-corrected chi connectivity index (χ3v) is 10.0. The van der Waals surface area contributed by atoms with E-state index < -0.39 is 20.5 Å². The highest BCUT2D eigenvalue weighted by molar-refractivity contribution is 6.74. The fourth-order valence-corrected chi connectivity index (χ4v) is 4.12. The number of aliphatic hydroxyl groups excluding tert-OH is 2. The van der Waals surface area contributed by atoms with Gasteiger partial charge in [-0.3, -0.25) is 0 Å². The summed E-state index contributed by atoms with van der Waals surface area (Å²) in [5.41, 5.74) is 0. The monoisotopic (exact) mass is 332 g/mol. The molecule has 0 aliphatic carbocycles. The van der Waals surface area contributed by atoms with Gasteiger partial charge >= 0.3 is 0 Å². The minimum Gasteiger partial charge on any atom is -0.414 e. The van der Waals surface area contributed by atoms with Crippen molar-refractivity contribution in [1.29, 1.82) is 0 Å². The fourth-order valence-electron chi connectivity index (χ4n) is 2.63. The summed E-state index contributed by atoms with van der Waals surface area (Å²) in [6, 6.07) is 0. The second-order valence-electron chi connectivity index (χ2n) is 8.77. The highest BCUT2D eigenvalue weighted by atomic mass is 28.4. The van der Waals surface area contributed by atoms with Crippen LogP contribution in [-0.2, 0) is 4.43 Å². The summed E-state index contributed by atoms with van der Waals surface area (Å²) < 4.78 is 6.52. The zero-order valence-corrected chi connectivity index (χ0v) is 17.5. The van der Waals surface area contributed by atoms with Crippen molar-refractivity contribution in [2.75, 3.05) is 0 Å². The maximum Gasteiger partial charge on any atom is 0.192 e. The lowest BCUT2D eigenvalue weighted by Crippen LogP contribution is -2.48. The van der Waals surface area contributed by atoms with E-state index in [-0.39, 0.29) is 28.9 Å². The van der Waals surface area contributed by atoms with Crippen molar-refractivity contribution in [2.45, 2.75) is 98.3 Å². The lowest BCUT2D eigenvalue weighted by molar-refractivity contribution is -0.0530. The first-order chi connectivity index (χ1) is 9.76. The first-order valence-corrected chi connectivity index (χ1v) is 11.7. The van der Waals surface area contributed by atoms with Crippen LogP contribution < -0.4 is 0 Å². The Kier molecular flexibility index (Phi) is 8.31. The van der Waals surface area contributed by atoms with Crippen LogP contribution in [0.1, 0.15) is 61.8 Å². The van der Waals surface area contributed by atoms with Gasteiger partial charge in [0.15, 0.2) is 8.32 Å². The van der Waals surface area contributed by atoms with Gasteiger partial charge < -0.3 is 14.6 Å². The van der Waals surface area contributed by atoms with Crippen molar-refractivity contribution in [2.24, 2.45) is 17.8 Å². The molecule has 0 aromatic rings. The highest BCUT2D eigenvalue weighted by Gasteiger charge is 2.41. The number of hydrogen-bond donors (Lipinski definition) is 2. The minimum atomic E-state index is -1.85. The van der Waals surface area contributed by atoms with Crippen LogP contribution in [0.15, 0.2) is 0 Å². The Bertz CT molecular complexity index is 323. The molecule has 0 saturated carbocycles. The van der Waals surface area contributed by atoms with Gasteiger partial charge in [0, 0.05) is 17.9 Å². The zero-order valence-electron chi connectivity index (χ0n) is 16.5. The second-order valence-corrected chi connectivity index (χ2v) is 13.5. The van der Waals surface area contributed by atoms with Crippen molar-refractivity contribution in [1.82, 2.24) is 0 Å². The summed E-state index contributed by atoms with van der Waals surface area (Å²) >= 11 is 0. The molecule has 0 rings (SSSR count). The van der Waals surface area contributed by atoms with Gasteiger partial charge in [-0.25, -0.2) is 0 Å². The molecule has 0 spiro atoms. The van der Waals surface area contributed by atoms with E-state index in [0.717, 1.165) is 6.42 Å². The van der Waals surface area contributed by atoms with Gasteiger partial charge in [-0.2, -0.15) is 0 Å². The topological polar surface area (TPSA) is 49.7 Å². The van der Waals surface area contributed by atoms with Crippen molar-refractivity contribution < 1.29 is 14.6 Å². The summed E-state index contributed by atoms with van der Waals surface area (Å²) in [6.07, 6.45) is -0.109. The Hall–Kier alpha value is 0.0969. The SMILES string of the molecule is CC[C@@H](O[Si](C)(C)C(C)(C)C)[C@H](C)[C@H](O)[C@H](C)[C@H](O)C(C)C. The third-order valence-electron chi connectivity index (χ3n) is 5.54.